The van der Waals surface area contributed by atoms with Crippen molar-refractivity contribution in [1.82, 2.24) is 19.9 Å². The summed E-state index contributed by atoms with van der Waals surface area (Å²) in [6.45, 7) is 0. The molecule has 4 heterocycles. The van der Waals surface area contributed by atoms with Crippen LogP contribution < -0.4 is 0 Å². The summed E-state index contributed by atoms with van der Waals surface area (Å²) in [6, 6.07) is 44.5. The lowest BCUT2D eigenvalue weighted by Gasteiger charge is -2.13. The molecule has 0 saturated heterocycles. The van der Waals surface area contributed by atoms with Gasteiger partial charge >= 0.3 is 0 Å². The van der Waals surface area contributed by atoms with Crippen molar-refractivity contribution in [3.8, 4) is 33.6 Å². The molecule has 0 unspecified atom stereocenters. The van der Waals surface area contributed by atoms with Crippen LogP contribution in [0.15, 0.2) is 146 Å². The van der Waals surface area contributed by atoms with Crippen LogP contribution in [-0.2, 0) is 0 Å². The van der Waals surface area contributed by atoms with Crippen LogP contribution >= 0.6 is 0 Å². The summed E-state index contributed by atoms with van der Waals surface area (Å²) in [5, 5.41) is 8.18. The smallest absolute Gasteiger partial charge is 0.0970 e. The zero-order valence-corrected chi connectivity index (χ0v) is 23.6. The summed E-state index contributed by atoms with van der Waals surface area (Å²) in [6.07, 6.45) is 5.63. The van der Waals surface area contributed by atoms with E-state index in [4.69, 9.17) is 9.97 Å². The second kappa shape index (κ2) is 9.79. The number of rotatable bonds is 3. The van der Waals surface area contributed by atoms with E-state index >= 15 is 0 Å². The molecule has 5 aromatic carbocycles. The summed E-state index contributed by atoms with van der Waals surface area (Å²) in [5.74, 6) is 0. The molecule has 9 aromatic rings. The van der Waals surface area contributed by atoms with E-state index in [1.807, 2.05) is 24.7 Å². The van der Waals surface area contributed by atoms with Crippen LogP contribution in [0.4, 0.5) is 0 Å². The van der Waals surface area contributed by atoms with Gasteiger partial charge in [-0.25, -0.2) is 4.98 Å². The molecule has 4 nitrogen and oxygen atoms in total. The van der Waals surface area contributed by atoms with E-state index in [-0.39, 0.29) is 0 Å². The molecule has 44 heavy (non-hydrogen) atoms. The molecule has 0 aliphatic carbocycles. The Hall–Kier alpha value is -6.00. The van der Waals surface area contributed by atoms with Crippen molar-refractivity contribution >= 4 is 54.3 Å². The number of nitrogens with zero attached hydrogens (tertiary/aromatic N) is 4. The quantitative estimate of drug-likeness (QED) is 0.202. The molecule has 0 spiro atoms. The van der Waals surface area contributed by atoms with Crippen molar-refractivity contribution in [3.63, 3.8) is 0 Å². The Bertz CT molecular complexity index is 2540. The molecular formula is C40H24N4. The van der Waals surface area contributed by atoms with E-state index in [9.17, 15) is 0 Å². The fourth-order valence-electron chi connectivity index (χ4n) is 6.50. The maximum absolute atomic E-state index is 5.19. The number of hydrogen-bond donors (Lipinski definition) is 0. The van der Waals surface area contributed by atoms with Gasteiger partial charge in [-0.2, -0.15) is 0 Å². The first kappa shape index (κ1) is 24.6. The topological polar surface area (TPSA) is 51.6 Å². The van der Waals surface area contributed by atoms with Gasteiger partial charge in [-0.3, -0.25) is 15.0 Å². The van der Waals surface area contributed by atoms with E-state index < -0.39 is 0 Å². The van der Waals surface area contributed by atoms with Gasteiger partial charge in [0, 0.05) is 62.2 Å². The highest BCUT2D eigenvalue weighted by molar-refractivity contribution is 6.22. The van der Waals surface area contributed by atoms with Crippen molar-refractivity contribution in [2.75, 3.05) is 0 Å². The highest BCUT2D eigenvalue weighted by Crippen LogP contribution is 2.38. The molecule has 9 rings (SSSR count). The third-order valence-electron chi connectivity index (χ3n) is 8.58. The normalized spacial score (nSPS) is 11.6. The van der Waals surface area contributed by atoms with Crippen LogP contribution in [0, 0.1) is 0 Å². The minimum absolute atomic E-state index is 0.903. The maximum atomic E-state index is 5.19. The number of fused-ring (bicyclic) bond motifs is 8. The molecule has 0 saturated carbocycles. The van der Waals surface area contributed by atoms with Crippen LogP contribution in [0.25, 0.3) is 87.9 Å². The summed E-state index contributed by atoms with van der Waals surface area (Å²) < 4.78 is 0. The number of pyridine rings is 4. The molecule has 0 aliphatic heterocycles. The SMILES string of the molecule is c1cc(-c2ccc(-c3ccnc4c3ccc3cccnc34)cn2)cc(-c2nc3ccccc3c3c2ccc2ccccc23)c1. The number of aromatic nitrogens is 4. The molecule has 0 aliphatic rings. The second-order valence-corrected chi connectivity index (χ2v) is 11.1. The van der Waals surface area contributed by atoms with E-state index in [2.05, 4.69) is 131 Å². The molecule has 0 fully saturated rings. The first-order valence-corrected chi connectivity index (χ1v) is 14.7. The lowest BCUT2D eigenvalue weighted by atomic mass is 9.94. The third kappa shape index (κ3) is 3.85. The van der Waals surface area contributed by atoms with Gasteiger partial charge in [-0.05, 0) is 46.7 Å². The fraction of sp³-hybridized carbons (Fsp3) is 0. The first-order valence-electron chi connectivity index (χ1n) is 14.7. The van der Waals surface area contributed by atoms with Gasteiger partial charge in [0.2, 0.25) is 0 Å². The van der Waals surface area contributed by atoms with Gasteiger partial charge in [0.25, 0.3) is 0 Å². The fourth-order valence-corrected chi connectivity index (χ4v) is 6.50. The lowest BCUT2D eigenvalue weighted by molar-refractivity contribution is 1.32. The van der Waals surface area contributed by atoms with Crippen molar-refractivity contribution < 1.29 is 0 Å². The maximum Gasteiger partial charge on any atom is 0.0970 e. The molecule has 0 bridgehead atoms. The molecule has 204 valence electrons. The van der Waals surface area contributed by atoms with Gasteiger partial charge in [0.15, 0.2) is 0 Å². The van der Waals surface area contributed by atoms with Gasteiger partial charge in [-0.1, -0.05) is 97.1 Å². The minimum Gasteiger partial charge on any atom is -0.256 e. The third-order valence-corrected chi connectivity index (χ3v) is 8.58. The van der Waals surface area contributed by atoms with E-state index in [1.165, 1.54) is 21.5 Å². The molecule has 0 atom stereocenters. The van der Waals surface area contributed by atoms with Crippen LogP contribution in [0.3, 0.4) is 0 Å². The highest BCUT2D eigenvalue weighted by atomic mass is 14.7. The van der Waals surface area contributed by atoms with E-state index in [0.717, 1.165) is 66.4 Å². The second-order valence-electron chi connectivity index (χ2n) is 11.1. The lowest BCUT2D eigenvalue weighted by Crippen LogP contribution is -1.92. The molecule has 0 amide bonds. The minimum atomic E-state index is 0.903. The van der Waals surface area contributed by atoms with Crippen LogP contribution in [-0.4, -0.2) is 19.9 Å². The molecule has 0 N–H and O–H groups in total. The molecule has 4 heteroatoms. The van der Waals surface area contributed by atoms with Gasteiger partial charge in [0.05, 0.1) is 27.9 Å². The predicted molar refractivity (Wildman–Crippen MR) is 181 cm³/mol. The van der Waals surface area contributed by atoms with Crippen LogP contribution in [0.5, 0.6) is 0 Å². The standard InChI is InChI=1S/C40H24N4/c1-2-11-31-25(7-1)14-18-34-37(31)33-12-3-4-13-36(33)44-38(34)28-9-5-8-27(23-28)35-19-16-29(24-43-35)30-20-22-42-40-32(30)17-15-26-10-6-21-41-39(26)40/h1-24H. The van der Waals surface area contributed by atoms with Crippen LogP contribution in [0.1, 0.15) is 0 Å². The van der Waals surface area contributed by atoms with Crippen LogP contribution in [0.2, 0.25) is 0 Å². The molecule has 4 aromatic heterocycles. The summed E-state index contributed by atoms with van der Waals surface area (Å²) in [4.78, 5) is 19.4. The zero-order chi connectivity index (χ0) is 29.0. The van der Waals surface area contributed by atoms with E-state index in [0.29, 0.717) is 0 Å². The Morgan fingerprint density at radius 1 is 0.432 bits per heavy atom. The summed E-state index contributed by atoms with van der Waals surface area (Å²) in [7, 11) is 0. The zero-order valence-electron chi connectivity index (χ0n) is 23.6. The van der Waals surface area contributed by atoms with Crippen molar-refractivity contribution in [2.24, 2.45) is 0 Å². The van der Waals surface area contributed by atoms with Gasteiger partial charge in [-0.15, -0.1) is 0 Å². The van der Waals surface area contributed by atoms with Gasteiger partial charge < -0.3 is 0 Å². The molecular weight excluding hydrogens is 536 g/mol. The largest absolute Gasteiger partial charge is 0.256 e. The van der Waals surface area contributed by atoms with Crippen molar-refractivity contribution in [3.05, 3.63) is 146 Å². The first-order chi connectivity index (χ1) is 21.8. The van der Waals surface area contributed by atoms with Gasteiger partial charge in [0.1, 0.15) is 0 Å². The number of para-hydroxylation sites is 1. The van der Waals surface area contributed by atoms with Crippen molar-refractivity contribution in [2.45, 2.75) is 0 Å². The molecule has 0 radical (unpaired) electrons. The number of benzene rings is 5. The Kier molecular flexibility index (Phi) is 5.47. The average Bonchev–Trinajstić information content (AvgIpc) is 3.11. The summed E-state index contributed by atoms with van der Waals surface area (Å²) in [5.41, 5.74) is 8.95. The Labute approximate surface area is 253 Å². The predicted octanol–water partition coefficient (Wildman–Crippen LogP) is 10.0. The summed E-state index contributed by atoms with van der Waals surface area (Å²) >= 11 is 0. The average molecular weight is 561 g/mol. The van der Waals surface area contributed by atoms with E-state index in [1.54, 1.807) is 0 Å². The highest BCUT2D eigenvalue weighted by Gasteiger charge is 2.14. The monoisotopic (exact) mass is 560 g/mol. The Morgan fingerprint density at radius 3 is 2.16 bits per heavy atom. The Balaban J connectivity index is 1.16. The number of hydrogen-bond acceptors (Lipinski definition) is 4. The van der Waals surface area contributed by atoms with Crippen molar-refractivity contribution in [1.29, 1.82) is 0 Å². The Morgan fingerprint density at radius 2 is 1.23 bits per heavy atom.